The topological polar surface area (TPSA) is 59.6 Å². The molecule has 0 bridgehead atoms. The number of ether oxygens (including phenoxy) is 2. The summed E-state index contributed by atoms with van der Waals surface area (Å²) in [5.41, 5.74) is 0.807. The third-order valence-corrected chi connectivity index (χ3v) is 3.69. The molecule has 0 fully saturated rings. The van der Waals surface area contributed by atoms with Crippen molar-refractivity contribution in [1.29, 1.82) is 0 Å². The molecule has 1 aromatic rings. The van der Waals surface area contributed by atoms with Crippen molar-refractivity contribution in [2.75, 3.05) is 20.3 Å². The van der Waals surface area contributed by atoms with Gasteiger partial charge in [0.25, 0.3) is 5.91 Å². The second-order valence-corrected chi connectivity index (χ2v) is 7.21. The number of methoxy groups -OCH3 is 1. The van der Waals surface area contributed by atoms with Crippen LogP contribution in [0.25, 0.3) is 0 Å². The lowest BCUT2D eigenvalue weighted by Crippen LogP contribution is -2.43. The van der Waals surface area contributed by atoms with Gasteiger partial charge in [-0.25, -0.2) is 0 Å². The van der Waals surface area contributed by atoms with E-state index in [1.54, 1.807) is 7.11 Å². The smallest absolute Gasteiger partial charge is 0.258 e. The van der Waals surface area contributed by atoms with Crippen LogP contribution in [-0.4, -0.2) is 31.7 Å². The van der Waals surface area contributed by atoms with Crippen LogP contribution in [0.15, 0.2) is 16.6 Å². The molecule has 0 aliphatic carbocycles. The Labute approximate surface area is 147 Å². The first-order chi connectivity index (χ1) is 10.8. The summed E-state index contributed by atoms with van der Waals surface area (Å²) < 4.78 is 11.9. The second-order valence-electron chi connectivity index (χ2n) is 6.36. The Kier molecular flexibility index (Phi) is 7.85. The van der Waals surface area contributed by atoms with Gasteiger partial charge in [0.05, 0.1) is 7.11 Å². The summed E-state index contributed by atoms with van der Waals surface area (Å²) in [6.07, 6.45) is 1.08. The van der Waals surface area contributed by atoms with Crippen LogP contribution >= 0.6 is 15.9 Å². The minimum atomic E-state index is -0.278. The Morgan fingerprint density at radius 2 is 1.96 bits per heavy atom. The number of rotatable bonds is 8. The number of benzene rings is 1. The molecule has 0 aliphatic rings. The third-order valence-electron chi connectivity index (χ3n) is 2.95. The highest BCUT2D eigenvalue weighted by Crippen LogP contribution is 2.33. The van der Waals surface area contributed by atoms with E-state index in [1.165, 1.54) is 0 Å². The number of carbonyl (C=O) groups excluding carboxylic acids is 1. The zero-order valence-electron chi connectivity index (χ0n) is 14.6. The SMILES string of the molecule is CCCNCc1cc(OC)c(OCC(=O)NC(C)(C)C)cc1Br. The highest BCUT2D eigenvalue weighted by atomic mass is 79.9. The highest BCUT2D eigenvalue weighted by Gasteiger charge is 2.16. The molecular weight excluding hydrogens is 360 g/mol. The predicted octanol–water partition coefficient (Wildman–Crippen LogP) is 3.25. The van der Waals surface area contributed by atoms with Crippen LogP contribution in [0.3, 0.4) is 0 Å². The Hall–Kier alpha value is -1.27. The van der Waals surface area contributed by atoms with Gasteiger partial charge in [-0.3, -0.25) is 4.79 Å². The van der Waals surface area contributed by atoms with E-state index < -0.39 is 0 Å². The molecule has 5 nitrogen and oxygen atoms in total. The molecule has 0 saturated carbocycles. The number of amides is 1. The predicted molar refractivity (Wildman–Crippen MR) is 96.1 cm³/mol. The van der Waals surface area contributed by atoms with Crippen LogP contribution < -0.4 is 20.1 Å². The Balaban J connectivity index is 2.75. The van der Waals surface area contributed by atoms with Crippen molar-refractivity contribution < 1.29 is 14.3 Å². The van der Waals surface area contributed by atoms with Crippen molar-refractivity contribution in [3.05, 3.63) is 22.2 Å². The van der Waals surface area contributed by atoms with Crippen molar-refractivity contribution in [1.82, 2.24) is 10.6 Å². The normalized spacial score (nSPS) is 11.2. The number of hydrogen-bond donors (Lipinski definition) is 2. The van der Waals surface area contributed by atoms with E-state index >= 15 is 0 Å². The monoisotopic (exact) mass is 386 g/mol. The molecular formula is C17H27BrN2O3. The number of halogens is 1. The van der Waals surface area contributed by atoms with Gasteiger partial charge in [0.2, 0.25) is 0 Å². The van der Waals surface area contributed by atoms with Crippen LogP contribution in [0.5, 0.6) is 11.5 Å². The van der Waals surface area contributed by atoms with Crippen molar-refractivity contribution in [2.45, 2.75) is 46.2 Å². The van der Waals surface area contributed by atoms with E-state index in [0.29, 0.717) is 11.5 Å². The Bertz CT molecular complexity index is 527. The van der Waals surface area contributed by atoms with Crippen molar-refractivity contribution in [3.63, 3.8) is 0 Å². The highest BCUT2D eigenvalue weighted by molar-refractivity contribution is 9.10. The maximum atomic E-state index is 11.9. The van der Waals surface area contributed by atoms with Gasteiger partial charge in [-0.1, -0.05) is 22.9 Å². The van der Waals surface area contributed by atoms with Crippen LogP contribution in [0.1, 0.15) is 39.7 Å². The molecule has 1 amide bonds. The number of nitrogens with one attached hydrogen (secondary N) is 2. The first kappa shape index (κ1) is 19.8. The lowest BCUT2D eigenvalue weighted by molar-refractivity contribution is -0.124. The average molecular weight is 387 g/mol. The van der Waals surface area contributed by atoms with Gasteiger partial charge in [0.15, 0.2) is 18.1 Å². The summed E-state index contributed by atoms with van der Waals surface area (Å²) in [6, 6.07) is 3.76. The molecule has 0 heterocycles. The molecule has 23 heavy (non-hydrogen) atoms. The van der Waals surface area contributed by atoms with E-state index in [4.69, 9.17) is 9.47 Å². The van der Waals surface area contributed by atoms with Gasteiger partial charge in [0, 0.05) is 16.6 Å². The van der Waals surface area contributed by atoms with Crippen LogP contribution in [-0.2, 0) is 11.3 Å². The van der Waals surface area contributed by atoms with Crippen molar-refractivity contribution in [2.24, 2.45) is 0 Å². The van der Waals surface area contributed by atoms with E-state index in [-0.39, 0.29) is 18.1 Å². The molecule has 0 radical (unpaired) electrons. The molecule has 6 heteroatoms. The summed E-state index contributed by atoms with van der Waals surface area (Å²) >= 11 is 3.54. The summed E-state index contributed by atoms with van der Waals surface area (Å²) in [6.45, 7) is 9.58. The molecule has 0 saturated heterocycles. The molecule has 0 unspecified atom stereocenters. The standard InChI is InChI=1S/C17H27BrN2O3/c1-6-7-19-10-12-8-14(22-5)15(9-13(12)18)23-11-16(21)20-17(2,3)4/h8-9,19H,6-7,10-11H2,1-5H3,(H,20,21). The molecule has 0 spiro atoms. The maximum Gasteiger partial charge on any atom is 0.258 e. The van der Waals surface area contributed by atoms with Crippen LogP contribution in [0.2, 0.25) is 0 Å². The molecule has 0 aromatic heterocycles. The summed E-state index contributed by atoms with van der Waals surface area (Å²) in [4.78, 5) is 11.9. The van der Waals surface area contributed by atoms with Gasteiger partial charge < -0.3 is 20.1 Å². The van der Waals surface area contributed by atoms with E-state index in [1.807, 2.05) is 32.9 Å². The molecule has 0 aliphatic heterocycles. The molecule has 1 rings (SSSR count). The Morgan fingerprint density at radius 1 is 1.26 bits per heavy atom. The third kappa shape index (κ3) is 7.22. The maximum absolute atomic E-state index is 11.9. The molecule has 2 N–H and O–H groups in total. The van der Waals surface area contributed by atoms with E-state index in [2.05, 4.69) is 33.5 Å². The molecule has 1 aromatic carbocycles. The fourth-order valence-corrected chi connectivity index (χ4v) is 2.45. The van der Waals surface area contributed by atoms with Gasteiger partial charge in [-0.15, -0.1) is 0 Å². The van der Waals surface area contributed by atoms with Gasteiger partial charge in [-0.2, -0.15) is 0 Å². The number of hydrogen-bond acceptors (Lipinski definition) is 4. The number of carbonyl (C=O) groups is 1. The van der Waals surface area contributed by atoms with Crippen LogP contribution in [0, 0.1) is 0 Å². The average Bonchev–Trinajstić information content (AvgIpc) is 2.45. The van der Waals surface area contributed by atoms with Crippen molar-refractivity contribution >= 4 is 21.8 Å². The Morgan fingerprint density at radius 3 is 2.52 bits per heavy atom. The van der Waals surface area contributed by atoms with Gasteiger partial charge in [0.1, 0.15) is 0 Å². The van der Waals surface area contributed by atoms with Gasteiger partial charge >= 0.3 is 0 Å². The molecule has 0 atom stereocenters. The first-order valence-corrected chi connectivity index (χ1v) is 8.57. The van der Waals surface area contributed by atoms with Gasteiger partial charge in [-0.05, 0) is 51.4 Å². The minimum absolute atomic E-state index is 0.0481. The minimum Gasteiger partial charge on any atom is -0.493 e. The summed E-state index contributed by atoms with van der Waals surface area (Å²) in [5.74, 6) is 0.997. The quantitative estimate of drug-likeness (QED) is 0.673. The van der Waals surface area contributed by atoms with Crippen LogP contribution in [0.4, 0.5) is 0 Å². The largest absolute Gasteiger partial charge is 0.493 e. The van der Waals surface area contributed by atoms with E-state index in [0.717, 1.165) is 29.5 Å². The summed E-state index contributed by atoms with van der Waals surface area (Å²) in [7, 11) is 1.59. The zero-order chi connectivity index (χ0) is 17.5. The zero-order valence-corrected chi connectivity index (χ0v) is 16.2. The second kappa shape index (κ2) is 9.13. The first-order valence-electron chi connectivity index (χ1n) is 7.77. The fraction of sp³-hybridized carbons (Fsp3) is 0.588. The fourth-order valence-electron chi connectivity index (χ4n) is 1.98. The lowest BCUT2D eigenvalue weighted by Gasteiger charge is -2.21. The molecule has 130 valence electrons. The van der Waals surface area contributed by atoms with Crippen molar-refractivity contribution in [3.8, 4) is 11.5 Å². The lowest BCUT2D eigenvalue weighted by atomic mass is 10.1. The van der Waals surface area contributed by atoms with E-state index in [9.17, 15) is 4.79 Å². The summed E-state index contributed by atoms with van der Waals surface area (Å²) in [5, 5.41) is 6.21.